The van der Waals surface area contributed by atoms with E-state index < -0.39 is 17.8 Å². The smallest absolute Gasteiger partial charge is 0.335 e. The Morgan fingerprint density at radius 3 is 2.25 bits per heavy atom. The van der Waals surface area contributed by atoms with E-state index in [1.54, 1.807) is 12.4 Å². The molecule has 0 N–H and O–H groups in total. The summed E-state index contributed by atoms with van der Waals surface area (Å²) in [6.07, 6.45) is 4.94. The number of amides is 4. The molecule has 0 aliphatic carbocycles. The van der Waals surface area contributed by atoms with Gasteiger partial charge in [0.1, 0.15) is 0 Å². The van der Waals surface area contributed by atoms with Gasteiger partial charge in [-0.25, -0.2) is 9.69 Å². The summed E-state index contributed by atoms with van der Waals surface area (Å²) in [5, 5.41) is 0. The number of carbonyl (C=O) groups excluding carboxylic acids is 3. The Balaban J connectivity index is 1.58. The molecule has 3 rings (SSSR count). The fourth-order valence-electron chi connectivity index (χ4n) is 2.87. The van der Waals surface area contributed by atoms with Crippen molar-refractivity contribution in [2.45, 2.75) is 0 Å². The summed E-state index contributed by atoms with van der Waals surface area (Å²) in [6, 6.07) is 3.34. The lowest BCUT2D eigenvalue weighted by Gasteiger charge is -2.37. The van der Waals surface area contributed by atoms with Gasteiger partial charge in [-0.3, -0.25) is 24.4 Å². The van der Waals surface area contributed by atoms with Crippen molar-refractivity contribution in [1.82, 2.24) is 19.7 Å². The highest BCUT2D eigenvalue weighted by Crippen LogP contribution is 2.17. The molecular formula is C16H19N5O3. The Bertz CT molecular complexity index is 655. The van der Waals surface area contributed by atoms with Gasteiger partial charge in [-0.2, -0.15) is 0 Å². The Morgan fingerprint density at radius 1 is 1.00 bits per heavy atom. The predicted octanol–water partition coefficient (Wildman–Crippen LogP) is 0.138. The van der Waals surface area contributed by atoms with E-state index in [4.69, 9.17) is 0 Å². The number of hydrogen-bond donors (Lipinski definition) is 0. The minimum absolute atomic E-state index is 0.0513. The fraction of sp³-hybridized carbons (Fsp3) is 0.375. The highest BCUT2D eigenvalue weighted by Gasteiger charge is 2.44. The maximum Gasteiger partial charge on any atom is 0.335 e. The molecule has 0 spiro atoms. The van der Waals surface area contributed by atoms with Gasteiger partial charge < -0.3 is 4.90 Å². The SMILES string of the molecule is C=CCN1C(=O)C(=O)N(CN2CCN(c3ccncc3)CC2)C1=O. The van der Waals surface area contributed by atoms with Crippen LogP contribution in [0.5, 0.6) is 0 Å². The highest BCUT2D eigenvalue weighted by atomic mass is 16.2. The summed E-state index contributed by atoms with van der Waals surface area (Å²) < 4.78 is 0. The van der Waals surface area contributed by atoms with Crippen LogP contribution >= 0.6 is 0 Å². The predicted molar refractivity (Wildman–Crippen MR) is 87.0 cm³/mol. The van der Waals surface area contributed by atoms with Gasteiger partial charge in [-0.1, -0.05) is 6.08 Å². The first kappa shape index (κ1) is 16.1. The summed E-state index contributed by atoms with van der Waals surface area (Å²) in [4.78, 5) is 46.2. The molecule has 2 aliphatic rings. The summed E-state index contributed by atoms with van der Waals surface area (Å²) in [5.74, 6) is -1.55. The lowest BCUT2D eigenvalue weighted by Crippen LogP contribution is -2.51. The van der Waals surface area contributed by atoms with E-state index in [2.05, 4.69) is 16.5 Å². The number of carbonyl (C=O) groups is 3. The van der Waals surface area contributed by atoms with E-state index in [0.29, 0.717) is 13.1 Å². The van der Waals surface area contributed by atoms with Gasteiger partial charge in [-0.15, -0.1) is 6.58 Å². The van der Waals surface area contributed by atoms with Crippen LogP contribution in [0.25, 0.3) is 0 Å². The van der Waals surface area contributed by atoms with Gasteiger partial charge >= 0.3 is 17.8 Å². The van der Waals surface area contributed by atoms with E-state index in [0.717, 1.165) is 28.6 Å². The Hall–Kier alpha value is -2.74. The molecule has 8 heteroatoms. The number of aromatic nitrogens is 1. The summed E-state index contributed by atoms with van der Waals surface area (Å²) in [6.45, 7) is 6.66. The molecule has 0 saturated carbocycles. The maximum absolute atomic E-state index is 12.2. The van der Waals surface area contributed by atoms with Crippen LogP contribution < -0.4 is 4.90 Å². The molecule has 2 saturated heterocycles. The van der Waals surface area contributed by atoms with Crippen LogP contribution in [0.3, 0.4) is 0 Å². The first-order chi connectivity index (χ1) is 11.6. The van der Waals surface area contributed by atoms with Gasteiger partial charge in [-0.05, 0) is 12.1 Å². The molecule has 2 aliphatic heterocycles. The van der Waals surface area contributed by atoms with Crippen molar-refractivity contribution in [3.63, 3.8) is 0 Å². The molecule has 4 amide bonds. The third kappa shape index (κ3) is 3.00. The van der Waals surface area contributed by atoms with Crippen LogP contribution in [-0.4, -0.2) is 76.9 Å². The number of urea groups is 1. The maximum atomic E-state index is 12.2. The molecule has 8 nitrogen and oxygen atoms in total. The number of imide groups is 2. The minimum Gasteiger partial charge on any atom is -0.369 e. The monoisotopic (exact) mass is 329 g/mol. The van der Waals surface area contributed by atoms with E-state index in [1.807, 2.05) is 17.0 Å². The quantitative estimate of drug-likeness (QED) is 0.434. The normalized spacial score (nSPS) is 19.3. The zero-order valence-electron chi connectivity index (χ0n) is 13.3. The molecule has 3 heterocycles. The molecule has 0 radical (unpaired) electrons. The zero-order chi connectivity index (χ0) is 17.1. The van der Waals surface area contributed by atoms with Crippen molar-refractivity contribution >= 4 is 23.5 Å². The molecule has 0 unspecified atom stereocenters. The lowest BCUT2D eigenvalue weighted by molar-refractivity contribution is -0.143. The number of anilines is 1. The van der Waals surface area contributed by atoms with Crippen molar-refractivity contribution in [1.29, 1.82) is 0 Å². The lowest BCUT2D eigenvalue weighted by atomic mass is 10.3. The van der Waals surface area contributed by atoms with Crippen molar-refractivity contribution in [2.24, 2.45) is 0 Å². The largest absolute Gasteiger partial charge is 0.369 e. The fourth-order valence-corrected chi connectivity index (χ4v) is 2.87. The zero-order valence-corrected chi connectivity index (χ0v) is 13.3. The molecule has 1 aromatic rings. The summed E-state index contributed by atoms with van der Waals surface area (Å²) in [7, 11) is 0. The van der Waals surface area contributed by atoms with Crippen LogP contribution in [0, 0.1) is 0 Å². The van der Waals surface area contributed by atoms with Crippen molar-refractivity contribution in [3.8, 4) is 0 Å². The first-order valence-electron chi connectivity index (χ1n) is 7.77. The molecule has 0 bridgehead atoms. The third-order valence-corrected chi connectivity index (χ3v) is 4.19. The van der Waals surface area contributed by atoms with Crippen LogP contribution in [0.4, 0.5) is 10.5 Å². The summed E-state index contributed by atoms with van der Waals surface area (Å²) >= 11 is 0. The van der Waals surface area contributed by atoms with E-state index >= 15 is 0 Å². The average Bonchev–Trinajstić information content (AvgIpc) is 2.81. The number of nitrogens with zero attached hydrogens (tertiary/aromatic N) is 5. The minimum atomic E-state index is -0.782. The van der Waals surface area contributed by atoms with Crippen molar-refractivity contribution < 1.29 is 14.4 Å². The second kappa shape index (κ2) is 6.79. The summed E-state index contributed by atoms with van der Waals surface area (Å²) in [5.41, 5.74) is 1.10. The molecule has 24 heavy (non-hydrogen) atoms. The van der Waals surface area contributed by atoms with Crippen molar-refractivity contribution in [2.75, 3.05) is 44.3 Å². The topological polar surface area (TPSA) is 77.1 Å². The molecule has 1 aromatic heterocycles. The molecule has 2 fully saturated rings. The van der Waals surface area contributed by atoms with E-state index in [-0.39, 0.29) is 13.2 Å². The third-order valence-electron chi connectivity index (χ3n) is 4.19. The second-order valence-corrected chi connectivity index (χ2v) is 5.67. The van der Waals surface area contributed by atoms with Gasteiger partial charge in [0.15, 0.2) is 0 Å². The molecule has 0 aromatic carbocycles. The van der Waals surface area contributed by atoms with Crippen LogP contribution in [-0.2, 0) is 9.59 Å². The Kier molecular flexibility index (Phi) is 4.57. The second-order valence-electron chi connectivity index (χ2n) is 5.67. The van der Waals surface area contributed by atoms with Crippen LogP contribution in [0.15, 0.2) is 37.2 Å². The average molecular weight is 329 g/mol. The Morgan fingerprint density at radius 2 is 1.62 bits per heavy atom. The van der Waals surface area contributed by atoms with E-state index in [1.165, 1.54) is 6.08 Å². The number of piperazine rings is 1. The molecule has 0 atom stereocenters. The first-order valence-corrected chi connectivity index (χ1v) is 7.77. The van der Waals surface area contributed by atoms with Gasteiger partial charge in [0.05, 0.1) is 6.67 Å². The number of rotatable bonds is 5. The van der Waals surface area contributed by atoms with Crippen LogP contribution in [0.1, 0.15) is 0 Å². The molecular weight excluding hydrogens is 310 g/mol. The highest BCUT2D eigenvalue weighted by molar-refractivity contribution is 6.44. The molecule has 126 valence electrons. The van der Waals surface area contributed by atoms with Gasteiger partial charge in [0, 0.05) is 50.8 Å². The van der Waals surface area contributed by atoms with E-state index in [9.17, 15) is 14.4 Å². The van der Waals surface area contributed by atoms with Crippen LogP contribution in [0.2, 0.25) is 0 Å². The Labute approximate surface area is 139 Å². The standard InChI is InChI=1S/C16H19N5O3/c1-2-7-20-14(22)15(23)21(16(20)24)12-18-8-10-19(11-9-18)13-3-5-17-6-4-13/h2-6H,1,7-12H2. The van der Waals surface area contributed by atoms with Crippen molar-refractivity contribution in [3.05, 3.63) is 37.2 Å². The number of pyridine rings is 1. The van der Waals surface area contributed by atoms with Gasteiger partial charge in [0.25, 0.3) is 0 Å². The number of hydrogen-bond acceptors (Lipinski definition) is 6. The van der Waals surface area contributed by atoms with Gasteiger partial charge in [0.2, 0.25) is 0 Å².